The van der Waals surface area contributed by atoms with E-state index in [4.69, 9.17) is 11.6 Å². The van der Waals surface area contributed by atoms with Gasteiger partial charge in [-0.15, -0.1) is 0 Å². The van der Waals surface area contributed by atoms with Crippen molar-refractivity contribution in [3.63, 3.8) is 0 Å². The molecule has 2 fully saturated rings. The summed E-state index contributed by atoms with van der Waals surface area (Å²) in [5.41, 5.74) is 0.105. The highest BCUT2D eigenvalue weighted by molar-refractivity contribution is 7.89. The molecule has 176 valence electrons. The average Bonchev–Trinajstić information content (AvgIpc) is 3.36. The van der Waals surface area contributed by atoms with Gasteiger partial charge in [0.05, 0.1) is 15.5 Å². The smallest absolute Gasteiger partial charge is 0.255 e. The van der Waals surface area contributed by atoms with Gasteiger partial charge in [0, 0.05) is 44.8 Å². The van der Waals surface area contributed by atoms with E-state index in [9.17, 15) is 26.8 Å². The summed E-state index contributed by atoms with van der Waals surface area (Å²) in [6, 6.07) is 7.06. The van der Waals surface area contributed by atoms with E-state index in [1.165, 1.54) is 38.4 Å². The van der Waals surface area contributed by atoms with E-state index in [1.54, 1.807) is 0 Å². The van der Waals surface area contributed by atoms with Gasteiger partial charge in [-0.05, 0) is 49.2 Å². The van der Waals surface area contributed by atoms with Gasteiger partial charge >= 0.3 is 0 Å². The quantitative estimate of drug-likeness (QED) is 0.650. The van der Waals surface area contributed by atoms with Crippen molar-refractivity contribution in [2.24, 2.45) is 0 Å². The van der Waals surface area contributed by atoms with E-state index in [1.807, 2.05) is 0 Å². The van der Waals surface area contributed by atoms with Crippen LogP contribution in [0, 0.1) is 11.6 Å². The summed E-state index contributed by atoms with van der Waals surface area (Å²) in [4.78, 5) is 28.6. The first-order chi connectivity index (χ1) is 15.7. The number of carbonyl (C=O) groups is 2. The van der Waals surface area contributed by atoms with Crippen LogP contribution in [0.3, 0.4) is 0 Å². The van der Waals surface area contributed by atoms with Crippen LogP contribution in [0.15, 0.2) is 41.3 Å². The fraction of sp³-hybridized carbons (Fsp3) is 0.364. The Labute approximate surface area is 195 Å². The molecule has 2 amide bonds. The summed E-state index contributed by atoms with van der Waals surface area (Å²) in [6.45, 7) is 1.64. The third-order valence-corrected chi connectivity index (χ3v) is 8.12. The summed E-state index contributed by atoms with van der Waals surface area (Å²) in [5.74, 6) is -3.03. The molecule has 11 heteroatoms. The molecule has 7 nitrogen and oxygen atoms in total. The van der Waals surface area contributed by atoms with Gasteiger partial charge in [0.1, 0.15) is 0 Å². The molecule has 2 aliphatic rings. The number of sulfonamides is 1. The van der Waals surface area contributed by atoms with Gasteiger partial charge in [-0.3, -0.25) is 9.59 Å². The summed E-state index contributed by atoms with van der Waals surface area (Å²) in [7, 11) is -3.71. The van der Waals surface area contributed by atoms with Gasteiger partial charge in [-0.1, -0.05) is 11.6 Å². The molecule has 0 bridgehead atoms. The van der Waals surface area contributed by atoms with Crippen LogP contribution < -0.4 is 0 Å². The zero-order chi connectivity index (χ0) is 23.8. The molecule has 4 rings (SSSR count). The maximum absolute atomic E-state index is 13.5. The van der Waals surface area contributed by atoms with Gasteiger partial charge in [0.2, 0.25) is 10.0 Å². The molecule has 0 spiro atoms. The van der Waals surface area contributed by atoms with Crippen LogP contribution in [0.25, 0.3) is 0 Å². The lowest BCUT2D eigenvalue weighted by atomic mass is 10.1. The first-order valence-corrected chi connectivity index (χ1v) is 12.3. The second kappa shape index (κ2) is 9.36. The van der Waals surface area contributed by atoms with Crippen molar-refractivity contribution in [3.05, 3.63) is 64.2 Å². The molecule has 0 N–H and O–H groups in total. The SMILES string of the molecule is O=C(c1ccc(F)c(F)c1)N1CCN(C(=O)c2cc(S(=O)(=O)N3CCCC3)ccc2Cl)CC1. The first-order valence-electron chi connectivity index (χ1n) is 10.5. The molecule has 33 heavy (non-hydrogen) atoms. The number of nitrogens with zero attached hydrogens (tertiary/aromatic N) is 3. The summed E-state index contributed by atoms with van der Waals surface area (Å²) in [5, 5.41) is 0.140. The van der Waals surface area contributed by atoms with E-state index in [-0.39, 0.29) is 47.2 Å². The third kappa shape index (κ3) is 4.73. The number of benzene rings is 2. The van der Waals surface area contributed by atoms with Crippen LogP contribution >= 0.6 is 11.6 Å². The van der Waals surface area contributed by atoms with Crippen molar-refractivity contribution in [3.8, 4) is 0 Å². The van der Waals surface area contributed by atoms with E-state index < -0.39 is 33.5 Å². The third-order valence-electron chi connectivity index (χ3n) is 5.89. The molecule has 2 aromatic rings. The topological polar surface area (TPSA) is 78.0 Å². The lowest BCUT2D eigenvalue weighted by molar-refractivity contribution is 0.0535. The first kappa shape index (κ1) is 23.6. The lowest BCUT2D eigenvalue weighted by Crippen LogP contribution is -2.50. The van der Waals surface area contributed by atoms with Crippen LogP contribution in [0.2, 0.25) is 5.02 Å². The second-order valence-electron chi connectivity index (χ2n) is 7.97. The molecule has 0 radical (unpaired) electrons. The van der Waals surface area contributed by atoms with Gasteiger partial charge in [0.25, 0.3) is 11.8 Å². The number of rotatable bonds is 4. The highest BCUT2D eigenvalue weighted by Gasteiger charge is 2.30. The Kier molecular flexibility index (Phi) is 6.69. The molecule has 2 aromatic carbocycles. The van der Waals surface area contributed by atoms with Crippen molar-refractivity contribution in [1.82, 2.24) is 14.1 Å². The van der Waals surface area contributed by atoms with Gasteiger partial charge in [0.15, 0.2) is 11.6 Å². The summed E-state index contributed by atoms with van der Waals surface area (Å²) >= 11 is 6.22. The van der Waals surface area contributed by atoms with Gasteiger partial charge in [-0.2, -0.15) is 4.31 Å². The highest BCUT2D eigenvalue weighted by Crippen LogP contribution is 2.26. The number of halogens is 3. The normalized spacial score (nSPS) is 17.4. The summed E-state index contributed by atoms with van der Waals surface area (Å²) < 4.78 is 53.7. The number of piperazine rings is 1. The fourth-order valence-corrected chi connectivity index (χ4v) is 5.74. The van der Waals surface area contributed by atoms with E-state index in [2.05, 4.69) is 0 Å². The molecular formula is C22H22ClF2N3O4S. The lowest BCUT2D eigenvalue weighted by Gasteiger charge is -2.35. The van der Waals surface area contributed by atoms with Crippen LogP contribution in [0.1, 0.15) is 33.6 Å². The molecule has 0 unspecified atom stereocenters. The number of amides is 2. The maximum Gasteiger partial charge on any atom is 0.255 e. The molecule has 0 aliphatic carbocycles. The minimum atomic E-state index is -3.71. The van der Waals surface area contributed by atoms with Crippen LogP contribution in [0.4, 0.5) is 8.78 Å². The Hall–Kier alpha value is -2.56. The zero-order valence-electron chi connectivity index (χ0n) is 17.6. The van der Waals surface area contributed by atoms with E-state index in [0.717, 1.165) is 25.0 Å². The van der Waals surface area contributed by atoms with Crippen molar-refractivity contribution in [2.45, 2.75) is 17.7 Å². The zero-order valence-corrected chi connectivity index (χ0v) is 19.2. The maximum atomic E-state index is 13.5. The number of hydrogen-bond donors (Lipinski definition) is 0. The fourth-order valence-electron chi connectivity index (χ4n) is 4.00. The van der Waals surface area contributed by atoms with E-state index in [0.29, 0.717) is 13.1 Å². The average molecular weight is 498 g/mol. The molecule has 2 saturated heterocycles. The van der Waals surface area contributed by atoms with E-state index >= 15 is 0 Å². The Morgan fingerprint density at radius 3 is 2.00 bits per heavy atom. The predicted molar refractivity (Wildman–Crippen MR) is 118 cm³/mol. The minimum absolute atomic E-state index is 0.0179. The molecule has 0 saturated carbocycles. The summed E-state index contributed by atoms with van der Waals surface area (Å²) in [6.07, 6.45) is 1.60. The number of hydrogen-bond acceptors (Lipinski definition) is 4. The Bertz CT molecular complexity index is 1190. The molecule has 0 aromatic heterocycles. The van der Waals surface area contributed by atoms with Crippen molar-refractivity contribution >= 4 is 33.4 Å². The second-order valence-corrected chi connectivity index (χ2v) is 10.3. The predicted octanol–water partition coefficient (Wildman–Crippen LogP) is 3.00. The van der Waals surface area contributed by atoms with Crippen molar-refractivity contribution < 1.29 is 26.8 Å². The number of carbonyl (C=O) groups excluding carboxylic acids is 2. The minimum Gasteiger partial charge on any atom is -0.335 e. The van der Waals surface area contributed by atoms with Crippen molar-refractivity contribution in [1.29, 1.82) is 0 Å². The Morgan fingerprint density at radius 2 is 1.39 bits per heavy atom. The molecule has 2 aliphatic heterocycles. The van der Waals surface area contributed by atoms with Crippen LogP contribution in [0.5, 0.6) is 0 Å². The Morgan fingerprint density at radius 1 is 0.788 bits per heavy atom. The monoisotopic (exact) mass is 497 g/mol. The van der Waals surface area contributed by atoms with Crippen LogP contribution in [-0.4, -0.2) is 73.6 Å². The molecule has 0 atom stereocenters. The standard InChI is InChI=1S/C22H22ClF2N3O4S/c23-18-5-4-16(33(31,32)28-7-1-2-8-28)14-17(18)22(30)27-11-9-26(10-12-27)21(29)15-3-6-19(24)20(25)13-15/h3-6,13-14H,1-2,7-12H2. The Balaban J connectivity index is 1.46. The largest absolute Gasteiger partial charge is 0.335 e. The van der Waals surface area contributed by atoms with Gasteiger partial charge < -0.3 is 9.80 Å². The molecular weight excluding hydrogens is 476 g/mol. The van der Waals surface area contributed by atoms with Gasteiger partial charge in [-0.25, -0.2) is 17.2 Å². The highest BCUT2D eigenvalue weighted by atomic mass is 35.5. The van der Waals surface area contributed by atoms with Crippen LogP contribution in [-0.2, 0) is 10.0 Å². The van der Waals surface area contributed by atoms with Crippen molar-refractivity contribution in [2.75, 3.05) is 39.3 Å². The molecule has 2 heterocycles.